The van der Waals surface area contributed by atoms with Gasteiger partial charge >= 0.3 is 0 Å². The molecular formula is C20H24N4OS. The molecule has 2 aromatic heterocycles. The van der Waals surface area contributed by atoms with Gasteiger partial charge in [0, 0.05) is 18.8 Å². The lowest BCUT2D eigenvalue weighted by Gasteiger charge is -2.05. The zero-order valence-corrected chi connectivity index (χ0v) is 16.5. The zero-order valence-electron chi connectivity index (χ0n) is 15.7. The van der Waals surface area contributed by atoms with E-state index in [9.17, 15) is 4.79 Å². The number of benzene rings is 1. The number of carbonyl (C=O) groups excluding carboxylic acids is 1. The van der Waals surface area contributed by atoms with Crippen molar-refractivity contribution in [2.45, 2.75) is 46.7 Å². The van der Waals surface area contributed by atoms with E-state index >= 15 is 0 Å². The number of fused-ring (bicyclic) bond motifs is 1. The molecule has 0 aliphatic rings. The Morgan fingerprint density at radius 1 is 1.38 bits per heavy atom. The van der Waals surface area contributed by atoms with Gasteiger partial charge in [0.05, 0.1) is 10.2 Å². The first kappa shape index (κ1) is 18.3. The predicted molar refractivity (Wildman–Crippen MR) is 107 cm³/mol. The van der Waals surface area contributed by atoms with Gasteiger partial charge in [0.1, 0.15) is 0 Å². The normalized spacial score (nSPS) is 12.3. The molecule has 0 fully saturated rings. The molecular weight excluding hydrogens is 344 g/mol. The van der Waals surface area contributed by atoms with Crippen molar-refractivity contribution in [3.8, 4) is 0 Å². The van der Waals surface area contributed by atoms with Gasteiger partial charge in [-0.3, -0.25) is 9.48 Å². The number of nitrogens with zero attached hydrogens (tertiary/aromatic N) is 4. The number of aromatic nitrogens is 3. The third kappa shape index (κ3) is 3.42. The molecule has 0 bridgehead atoms. The molecule has 26 heavy (non-hydrogen) atoms. The molecule has 1 amide bonds. The summed E-state index contributed by atoms with van der Waals surface area (Å²) >= 11 is 1.53. The SMILES string of the molecule is C=CCn1c(=NC(=O)c2cc(C)n(CC)n2)sc2cc(C(C)C)ccc21. The first-order valence-corrected chi connectivity index (χ1v) is 9.64. The fraction of sp³-hybridized carbons (Fsp3) is 0.350. The Bertz CT molecular complexity index is 1040. The molecule has 0 aliphatic carbocycles. The minimum absolute atomic E-state index is 0.311. The summed E-state index contributed by atoms with van der Waals surface area (Å²) in [6.07, 6.45) is 1.82. The van der Waals surface area contributed by atoms with Crippen LogP contribution in [0.4, 0.5) is 0 Å². The van der Waals surface area contributed by atoms with Crippen molar-refractivity contribution in [1.82, 2.24) is 14.3 Å². The molecule has 1 aromatic carbocycles. The highest BCUT2D eigenvalue weighted by Crippen LogP contribution is 2.23. The molecule has 0 N–H and O–H groups in total. The summed E-state index contributed by atoms with van der Waals surface area (Å²) < 4.78 is 4.96. The lowest BCUT2D eigenvalue weighted by molar-refractivity contribution is 0.0992. The maximum Gasteiger partial charge on any atom is 0.300 e. The van der Waals surface area contributed by atoms with Crippen LogP contribution in [0.2, 0.25) is 0 Å². The summed E-state index contributed by atoms with van der Waals surface area (Å²) in [5, 5.41) is 4.34. The van der Waals surface area contributed by atoms with Crippen LogP contribution in [0.25, 0.3) is 10.2 Å². The second-order valence-corrected chi connectivity index (χ2v) is 7.58. The summed E-state index contributed by atoms with van der Waals surface area (Å²) in [6.45, 7) is 13.5. The Balaban J connectivity index is 2.12. The number of carbonyl (C=O) groups is 1. The van der Waals surface area contributed by atoms with Crippen molar-refractivity contribution >= 4 is 27.5 Å². The molecule has 2 heterocycles. The van der Waals surface area contributed by atoms with E-state index in [1.807, 2.05) is 24.5 Å². The highest BCUT2D eigenvalue weighted by Gasteiger charge is 2.13. The Hall–Kier alpha value is -2.47. The number of rotatable bonds is 5. The van der Waals surface area contributed by atoms with Crippen molar-refractivity contribution in [1.29, 1.82) is 0 Å². The molecule has 0 saturated carbocycles. The second-order valence-electron chi connectivity index (χ2n) is 6.57. The standard InChI is InChI=1S/C20H24N4OS/c1-6-10-23-17-9-8-15(13(3)4)12-18(17)26-20(23)21-19(25)16-11-14(5)24(7-2)22-16/h6,8-9,11-13H,1,7,10H2,2-5H3. The summed E-state index contributed by atoms with van der Waals surface area (Å²) in [7, 11) is 0. The highest BCUT2D eigenvalue weighted by atomic mass is 32.1. The fourth-order valence-electron chi connectivity index (χ4n) is 2.92. The molecule has 0 spiro atoms. The maximum absolute atomic E-state index is 12.6. The number of hydrogen-bond acceptors (Lipinski definition) is 3. The summed E-state index contributed by atoms with van der Waals surface area (Å²) in [5.74, 6) is 0.145. The van der Waals surface area contributed by atoms with Crippen molar-refractivity contribution < 1.29 is 4.79 Å². The van der Waals surface area contributed by atoms with Gasteiger partial charge in [-0.05, 0) is 43.5 Å². The van der Waals surface area contributed by atoms with Crippen LogP contribution in [0.1, 0.15) is 48.4 Å². The zero-order chi connectivity index (χ0) is 18.8. The van der Waals surface area contributed by atoms with E-state index in [0.29, 0.717) is 23.0 Å². The number of aryl methyl sites for hydroxylation is 2. The molecule has 0 saturated heterocycles. The Morgan fingerprint density at radius 2 is 2.15 bits per heavy atom. The Kier molecular flexibility index (Phi) is 5.23. The van der Waals surface area contributed by atoms with Crippen molar-refractivity contribution in [2.24, 2.45) is 4.99 Å². The van der Waals surface area contributed by atoms with Gasteiger partial charge in [0.15, 0.2) is 10.5 Å². The van der Waals surface area contributed by atoms with Crippen LogP contribution in [-0.4, -0.2) is 20.3 Å². The Morgan fingerprint density at radius 3 is 2.77 bits per heavy atom. The van der Waals surface area contributed by atoms with Gasteiger partial charge in [-0.25, -0.2) is 0 Å². The van der Waals surface area contributed by atoms with Crippen LogP contribution in [0.15, 0.2) is 41.9 Å². The molecule has 0 radical (unpaired) electrons. The van der Waals surface area contributed by atoms with Crippen LogP contribution in [0.3, 0.4) is 0 Å². The Labute approximate surface area is 157 Å². The van der Waals surface area contributed by atoms with Crippen molar-refractivity contribution in [3.05, 3.63) is 58.7 Å². The molecule has 3 rings (SSSR count). The van der Waals surface area contributed by atoms with E-state index in [1.165, 1.54) is 16.9 Å². The lowest BCUT2D eigenvalue weighted by Crippen LogP contribution is -2.16. The van der Waals surface area contributed by atoms with E-state index in [2.05, 4.69) is 48.7 Å². The third-order valence-corrected chi connectivity index (χ3v) is 5.42. The average Bonchev–Trinajstić information content (AvgIpc) is 3.15. The van der Waals surface area contributed by atoms with Crippen molar-refractivity contribution in [3.63, 3.8) is 0 Å². The van der Waals surface area contributed by atoms with E-state index in [1.54, 1.807) is 10.7 Å². The smallest absolute Gasteiger partial charge is 0.300 e. The van der Waals surface area contributed by atoms with E-state index in [0.717, 1.165) is 22.5 Å². The maximum atomic E-state index is 12.6. The molecule has 136 valence electrons. The quantitative estimate of drug-likeness (QED) is 0.631. The predicted octanol–water partition coefficient (Wildman–Crippen LogP) is 4.28. The molecule has 6 heteroatoms. The molecule has 0 atom stereocenters. The van der Waals surface area contributed by atoms with E-state index < -0.39 is 0 Å². The first-order chi connectivity index (χ1) is 12.4. The lowest BCUT2D eigenvalue weighted by atomic mass is 10.0. The van der Waals surface area contributed by atoms with Gasteiger partial charge in [-0.15, -0.1) is 6.58 Å². The molecule has 3 aromatic rings. The number of allylic oxidation sites excluding steroid dienone is 1. The van der Waals surface area contributed by atoms with Gasteiger partial charge in [-0.2, -0.15) is 10.1 Å². The monoisotopic (exact) mass is 368 g/mol. The van der Waals surface area contributed by atoms with Crippen LogP contribution < -0.4 is 4.80 Å². The number of amides is 1. The second kappa shape index (κ2) is 7.41. The summed E-state index contributed by atoms with van der Waals surface area (Å²) in [4.78, 5) is 17.7. The number of thiazole rings is 1. The summed E-state index contributed by atoms with van der Waals surface area (Å²) in [6, 6.07) is 8.21. The minimum atomic E-state index is -0.311. The molecule has 0 unspecified atom stereocenters. The van der Waals surface area contributed by atoms with Crippen LogP contribution in [0, 0.1) is 6.92 Å². The minimum Gasteiger partial charge on any atom is -0.312 e. The summed E-state index contributed by atoms with van der Waals surface area (Å²) in [5.41, 5.74) is 3.69. The van der Waals surface area contributed by atoms with Gasteiger partial charge in [0.2, 0.25) is 0 Å². The van der Waals surface area contributed by atoms with Crippen LogP contribution >= 0.6 is 11.3 Å². The molecule has 0 aliphatic heterocycles. The van der Waals surface area contributed by atoms with Crippen LogP contribution in [-0.2, 0) is 13.1 Å². The largest absolute Gasteiger partial charge is 0.312 e. The first-order valence-electron chi connectivity index (χ1n) is 8.82. The van der Waals surface area contributed by atoms with E-state index in [4.69, 9.17) is 0 Å². The average molecular weight is 369 g/mol. The van der Waals surface area contributed by atoms with Gasteiger partial charge in [-0.1, -0.05) is 37.3 Å². The third-order valence-electron chi connectivity index (χ3n) is 4.38. The van der Waals surface area contributed by atoms with Crippen molar-refractivity contribution in [2.75, 3.05) is 0 Å². The van der Waals surface area contributed by atoms with Gasteiger partial charge < -0.3 is 4.57 Å². The topological polar surface area (TPSA) is 52.2 Å². The fourth-order valence-corrected chi connectivity index (χ4v) is 4.00. The van der Waals surface area contributed by atoms with E-state index in [-0.39, 0.29) is 5.91 Å². The number of hydrogen-bond donors (Lipinski definition) is 0. The van der Waals surface area contributed by atoms with Crippen LogP contribution in [0.5, 0.6) is 0 Å². The van der Waals surface area contributed by atoms with Gasteiger partial charge in [0.25, 0.3) is 5.91 Å². The highest BCUT2D eigenvalue weighted by molar-refractivity contribution is 7.16. The molecule has 5 nitrogen and oxygen atoms in total.